The summed E-state index contributed by atoms with van der Waals surface area (Å²) in [7, 11) is -3.54. The molecule has 0 aliphatic rings. The Labute approximate surface area is 126 Å². The number of benzene rings is 1. The molecular formula is C14H11N5O2S. The van der Waals surface area contributed by atoms with Gasteiger partial charge in [0, 0.05) is 5.39 Å². The monoisotopic (exact) mass is 313 g/mol. The number of sulfonamides is 1. The van der Waals surface area contributed by atoms with Crippen LogP contribution in [-0.4, -0.2) is 29.4 Å². The number of pyridine rings is 1. The zero-order valence-corrected chi connectivity index (χ0v) is 12.4. The molecule has 0 aliphatic carbocycles. The molecule has 3 aromatic rings. The van der Waals surface area contributed by atoms with E-state index in [-0.39, 0.29) is 11.4 Å². The van der Waals surface area contributed by atoms with Crippen LogP contribution in [0.15, 0.2) is 42.6 Å². The van der Waals surface area contributed by atoms with Crippen molar-refractivity contribution in [3.8, 4) is 11.9 Å². The Morgan fingerprint density at radius 2 is 2.00 bits per heavy atom. The molecule has 0 saturated heterocycles. The van der Waals surface area contributed by atoms with E-state index in [1.54, 1.807) is 6.07 Å². The molecule has 0 amide bonds. The fraction of sp³-hybridized carbons (Fsp3) is 0.0714. The molecule has 0 saturated carbocycles. The summed E-state index contributed by atoms with van der Waals surface area (Å²) in [5.41, 5.74) is 0.875. The second-order valence-corrected chi connectivity index (χ2v) is 6.42. The Morgan fingerprint density at radius 3 is 2.73 bits per heavy atom. The van der Waals surface area contributed by atoms with Gasteiger partial charge in [-0.2, -0.15) is 15.0 Å². The van der Waals surface area contributed by atoms with Gasteiger partial charge >= 0.3 is 0 Å². The average molecular weight is 313 g/mol. The minimum atomic E-state index is -3.54. The van der Waals surface area contributed by atoms with Gasteiger partial charge in [-0.3, -0.25) is 4.72 Å². The Bertz CT molecular complexity index is 1000. The van der Waals surface area contributed by atoms with E-state index in [0.717, 1.165) is 17.2 Å². The lowest BCUT2D eigenvalue weighted by atomic mass is 10.2. The first kappa shape index (κ1) is 14.0. The molecule has 3 rings (SSSR count). The van der Waals surface area contributed by atoms with Crippen LogP contribution >= 0.6 is 0 Å². The summed E-state index contributed by atoms with van der Waals surface area (Å²) in [4.78, 5) is 4.44. The van der Waals surface area contributed by atoms with E-state index in [0.29, 0.717) is 5.82 Å². The molecule has 0 aliphatic heterocycles. The third kappa shape index (κ3) is 2.62. The largest absolute Gasteiger partial charge is 0.266 e. The lowest BCUT2D eigenvalue weighted by Gasteiger charge is -2.09. The van der Waals surface area contributed by atoms with Crippen LogP contribution in [0.25, 0.3) is 16.7 Å². The van der Waals surface area contributed by atoms with Crippen LogP contribution in [0, 0.1) is 11.3 Å². The Morgan fingerprint density at radius 1 is 1.23 bits per heavy atom. The molecular weight excluding hydrogens is 302 g/mol. The summed E-state index contributed by atoms with van der Waals surface area (Å²) in [6, 6.07) is 13.0. The molecule has 0 unspecified atom stereocenters. The van der Waals surface area contributed by atoms with Crippen LogP contribution in [0.2, 0.25) is 0 Å². The van der Waals surface area contributed by atoms with Crippen molar-refractivity contribution < 1.29 is 8.42 Å². The summed E-state index contributed by atoms with van der Waals surface area (Å²) in [6.07, 6.45) is 2.31. The van der Waals surface area contributed by atoms with Crippen molar-refractivity contribution in [1.29, 1.82) is 5.26 Å². The van der Waals surface area contributed by atoms with Gasteiger partial charge in [0.15, 0.2) is 11.6 Å². The number of aromatic nitrogens is 3. The molecule has 1 N–H and O–H groups in total. The number of hydrogen-bond acceptors (Lipinski definition) is 5. The molecule has 2 heterocycles. The van der Waals surface area contributed by atoms with Crippen LogP contribution in [-0.2, 0) is 10.0 Å². The number of hydrogen-bond donors (Lipinski definition) is 1. The quantitative estimate of drug-likeness (QED) is 0.792. The van der Waals surface area contributed by atoms with Crippen LogP contribution in [0.3, 0.4) is 0 Å². The number of nitrogens with one attached hydrogen (secondary N) is 1. The molecule has 110 valence electrons. The molecule has 7 nitrogen and oxygen atoms in total. The van der Waals surface area contributed by atoms with Crippen LogP contribution in [0.4, 0.5) is 5.82 Å². The fourth-order valence-corrected chi connectivity index (χ4v) is 2.60. The number of fused-ring (bicyclic) bond motifs is 1. The van der Waals surface area contributed by atoms with Gasteiger partial charge in [-0.15, -0.1) is 0 Å². The maximum atomic E-state index is 11.5. The smallest absolute Gasteiger partial charge is 0.231 e. The van der Waals surface area contributed by atoms with Crippen molar-refractivity contribution in [3.05, 3.63) is 48.2 Å². The third-order valence-corrected chi connectivity index (χ3v) is 3.54. The lowest BCUT2D eigenvalue weighted by molar-refractivity contribution is 0.606. The highest BCUT2D eigenvalue weighted by Crippen LogP contribution is 2.21. The van der Waals surface area contributed by atoms with Gasteiger partial charge in [0.05, 0.1) is 18.0 Å². The van der Waals surface area contributed by atoms with E-state index in [4.69, 9.17) is 5.26 Å². The highest BCUT2D eigenvalue weighted by Gasteiger charge is 2.16. The van der Waals surface area contributed by atoms with Gasteiger partial charge in [-0.05, 0) is 18.2 Å². The van der Waals surface area contributed by atoms with Gasteiger partial charge in [0.25, 0.3) is 0 Å². The molecule has 1 aromatic carbocycles. The predicted molar refractivity (Wildman–Crippen MR) is 82.0 cm³/mol. The van der Waals surface area contributed by atoms with E-state index in [1.807, 2.05) is 36.4 Å². The topological polar surface area (TPSA) is 101 Å². The molecule has 8 heteroatoms. The van der Waals surface area contributed by atoms with Crippen LogP contribution < -0.4 is 4.72 Å². The maximum absolute atomic E-state index is 11.5. The number of anilines is 1. The van der Waals surface area contributed by atoms with Crippen molar-refractivity contribution in [2.24, 2.45) is 0 Å². The van der Waals surface area contributed by atoms with Crippen molar-refractivity contribution in [3.63, 3.8) is 0 Å². The third-order valence-electron chi connectivity index (χ3n) is 2.97. The number of para-hydroxylation sites is 1. The predicted octanol–water partition coefficient (Wildman–Crippen LogP) is 1.66. The van der Waals surface area contributed by atoms with Gasteiger partial charge in [0.1, 0.15) is 11.6 Å². The lowest BCUT2D eigenvalue weighted by Crippen LogP contribution is -2.15. The zero-order valence-electron chi connectivity index (χ0n) is 11.6. The second kappa shape index (κ2) is 5.13. The minimum Gasteiger partial charge on any atom is -0.266 e. The average Bonchev–Trinajstić information content (AvgIpc) is 2.87. The Kier molecular flexibility index (Phi) is 3.27. The highest BCUT2D eigenvalue weighted by molar-refractivity contribution is 7.92. The van der Waals surface area contributed by atoms with E-state index in [1.165, 1.54) is 10.9 Å². The van der Waals surface area contributed by atoms with Gasteiger partial charge in [-0.25, -0.2) is 13.4 Å². The van der Waals surface area contributed by atoms with E-state index < -0.39 is 10.0 Å². The fourth-order valence-electron chi connectivity index (χ4n) is 2.05. The molecule has 0 bridgehead atoms. The van der Waals surface area contributed by atoms with E-state index in [2.05, 4.69) is 14.8 Å². The van der Waals surface area contributed by atoms with Crippen molar-refractivity contribution >= 4 is 26.7 Å². The van der Waals surface area contributed by atoms with Crippen molar-refractivity contribution in [2.45, 2.75) is 0 Å². The molecule has 0 spiro atoms. The second-order valence-electron chi connectivity index (χ2n) is 4.67. The van der Waals surface area contributed by atoms with Crippen LogP contribution in [0.5, 0.6) is 0 Å². The Hall–Kier alpha value is -2.92. The maximum Gasteiger partial charge on any atom is 0.231 e. The first-order valence-corrected chi connectivity index (χ1v) is 8.19. The summed E-state index contributed by atoms with van der Waals surface area (Å²) in [5, 5.41) is 14.1. The van der Waals surface area contributed by atoms with Crippen molar-refractivity contribution in [1.82, 2.24) is 14.8 Å². The normalized spacial score (nSPS) is 11.3. The van der Waals surface area contributed by atoms with Gasteiger partial charge in [0.2, 0.25) is 10.0 Å². The number of nitriles is 1. The molecule has 0 radical (unpaired) electrons. The standard InChI is InChI=1S/C14H11N5O2S/c1-22(20,21)18-14-11(8-15)9-16-19(14)13-7-6-10-4-2-3-5-12(10)17-13/h2-7,9,18H,1H3. The van der Waals surface area contributed by atoms with E-state index >= 15 is 0 Å². The molecule has 0 atom stereocenters. The summed E-state index contributed by atoms with van der Waals surface area (Å²) < 4.78 is 26.6. The van der Waals surface area contributed by atoms with E-state index in [9.17, 15) is 8.42 Å². The zero-order chi connectivity index (χ0) is 15.7. The summed E-state index contributed by atoms with van der Waals surface area (Å²) in [6.45, 7) is 0. The highest BCUT2D eigenvalue weighted by atomic mass is 32.2. The number of rotatable bonds is 3. The molecule has 22 heavy (non-hydrogen) atoms. The summed E-state index contributed by atoms with van der Waals surface area (Å²) in [5.74, 6) is 0.499. The SMILES string of the molecule is CS(=O)(=O)Nc1c(C#N)cnn1-c1ccc2ccccc2n1. The van der Waals surface area contributed by atoms with Gasteiger partial charge in [-0.1, -0.05) is 18.2 Å². The first-order valence-electron chi connectivity index (χ1n) is 6.30. The minimum absolute atomic E-state index is 0.0766. The molecule has 0 fully saturated rings. The summed E-state index contributed by atoms with van der Waals surface area (Å²) >= 11 is 0. The number of nitrogens with zero attached hydrogens (tertiary/aromatic N) is 4. The molecule has 2 aromatic heterocycles. The Balaban J connectivity index is 2.18. The van der Waals surface area contributed by atoms with Crippen LogP contribution in [0.1, 0.15) is 5.56 Å². The van der Waals surface area contributed by atoms with Crippen molar-refractivity contribution in [2.75, 3.05) is 11.0 Å². The first-order chi connectivity index (χ1) is 10.5. The van der Waals surface area contributed by atoms with Gasteiger partial charge < -0.3 is 0 Å².